The number of amides is 2. The van der Waals surface area contributed by atoms with Crippen LogP contribution in [0.2, 0.25) is 0 Å². The van der Waals surface area contributed by atoms with E-state index in [0.717, 1.165) is 12.0 Å². The lowest BCUT2D eigenvalue weighted by molar-refractivity contribution is -0.125. The maximum atomic E-state index is 11.5. The van der Waals surface area contributed by atoms with Crippen molar-refractivity contribution in [2.45, 2.75) is 19.4 Å². The van der Waals surface area contributed by atoms with Crippen molar-refractivity contribution < 1.29 is 9.59 Å². The van der Waals surface area contributed by atoms with Gasteiger partial charge in [0.15, 0.2) is 0 Å². The summed E-state index contributed by atoms with van der Waals surface area (Å²) in [6.07, 6.45) is 0.761. The maximum Gasteiger partial charge on any atom is 0.239 e. The van der Waals surface area contributed by atoms with E-state index in [9.17, 15) is 9.59 Å². The van der Waals surface area contributed by atoms with Crippen molar-refractivity contribution >= 4 is 11.8 Å². The molecule has 0 saturated heterocycles. The molecule has 18 heavy (non-hydrogen) atoms. The van der Waals surface area contributed by atoms with Crippen LogP contribution in [0, 0.1) is 0 Å². The van der Waals surface area contributed by atoms with Gasteiger partial charge < -0.3 is 16.4 Å². The summed E-state index contributed by atoms with van der Waals surface area (Å²) in [4.78, 5) is 22.4. The van der Waals surface area contributed by atoms with Gasteiger partial charge >= 0.3 is 0 Å². The molecule has 1 aromatic rings. The summed E-state index contributed by atoms with van der Waals surface area (Å²) in [7, 11) is 0. The molecule has 5 heteroatoms. The molecule has 0 unspecified atom stereocenters. The van der Waals surface area contributed by atoms with Crippen LogP contribution in [0.4, 0.5) is 0 Å². The molecule has 0 spiro atoms. The lowest BCUT2D eigenvalue weighted by Crippen LogP contribution is -2.43. The minimum atomic E-state index is -0.333. The number of nitrogens with two attached hydrogens (primary N) is 1. The van der Waals surface area contributed by atoms with E-state index in [1.165, 1.54) is 0 Å². The summed E-state index contributed by atoms with van der Waals surface area (Å²) in [5.41, 5.74) is 6.28. The SMILES string of the molecule is C[C@H](Cc1ccccc1)NC(=O)CNC(=O)CN. The minimum Gasteiger partial charge on any atom is -0.352 e. The van der Waals surface area contributed by atoms with Gasteiger partial charge in [-0.05, 0) is 18.9 Å². The third-order valence-electron chi connectivity index (χ3n) is 2.42. The molecule has 2 amide bonds. The van der Waals surface area contributed by atoms with Gasteiger partial charge in [-0.25, -0.2) is 0 Å². The maximum absolute atomic E-state index is 11.5. The van der Waals surface area contributed by atoms with Gasteiger partial charge in [-0.2, -0.15) is 0 Å². The van der Waals surface area contributed by atoms with E-state index in [1.54, 1.807) is 0 Å². The average Bonchev–Trinajstić information content (AvgIpc) is 2.37. The summed E-state index contributed by atoms with van der Waals surface area (Å²) >= 11 is 0. The van der Waals surface area contributed by atoms with Crippen LogP contribution in [0.15, 0.2) is 30.3 Å². The van der Waals surface area contributed by atoms with E-state index in [2.05, 4.69) is 10.6 Å². The highest BCUT2D eigenvalue weighted by Crippen LogP contribution is 2.02. The molecule has 0 fully saturated rings. The number of rotatable bonds is 6. The highest BCUT2D eigenvalue weighted by Gasteiger charge is 2.08. The Hall–Kier alpha value is -1.88. The van der Waals surface area contributed by atoms with Crippen molar-refractivity contribution in [2.75, 3.05) is 13.1 Å². The number of carbonyl (C=O) groups is 2. The molecular formula is C13H19N3O2. The topological polar surface area (TPSA) is 84.2 Å². The van der Waals surface area contributed by atoms with Gasteiger partial charge in [0, 0.05) is 6.04 Å². The quantitative estimate of drug-likeness (QED) is 0.653. The van der Waals surface area contributed by atoms with Crippen molar-refractivity contribution in [3.63, 3.8) is 0 Å². The van der Waals surface area contributed by atoms with E-state index >= 15 is 0 Å². The molecule has 0 bridgehead atoms. The van der Waals surface area contributed by atoms with Crippen LogP contribution in [-0.2, 0) is 16.0 Å². The van der Waals surface area contributed by atoms with Crippen molar-refractivity contribution in [2.24, 2.45) is 5.73 Å². The molecule has 0 radical (unpaired) electrons. The summed E-state index contributed by atoms with van der Waals surface area (Å²) < 4.78 is 0. The Bertz CT molecular complexity index is 392. The number of hydrogen-bond acceptors (Lipinski definition) is 3. The Morgan fingerprint density at radius 3 is 2.50 bits per heavy atom. The lowest BCUT2D eigenvalue weighted by atomic mass is 10.1. The van der Waals surface area contributed by atoms with E-state index in [4.69, 9.17) is 5.73 Å². The second-order valence-electron chi connectivity index (χ2n) is 4.14. The Balaban J connectivity index is 2.29. The number of hydrogen-bond donors (Lipinski definition) is 3. The molecule has 0 aliphatic carbocycles. The molecule has 0 aromatic heterocycles. The largest absolute Gasteiger partial charge is 0.352 e. The molecule has 5 nitrogen and oxygen atoms in total. The fraction of sp³-hybridized carbons (Fsp3) is 0.385. The standard InChI is InChI=1S/C13H19N3O2/c1-10(7-11-5-3-2-4-6-11)16-13(18)9-15-12(17)8-14/h2-6,10H,7-9,14H2,1H3,(H,15,17)(H,16,18)/t10-/m1/s1. The monoisotopic (exact) mass is 249 g/mol. The molecule has 1 rings (SSSR count). The Kier molecular flexibility index (Phi) is 5.87. The zero-order valence-electron chi connectivity index (χ0n) is 10.5. The summed E-state index contributed by atoms with van der Waals surface area (Å²) in [5, 5.41) is 5.24. The van der Waals surface area contributed by atoms with E-state index < -0.39 is 0 Å². The van der Waals surface area contributed by atoms with Crippen LogP contribution >= 0.6 is 0 Å². The fourth-order valence-corrected chi connectivity index (χ4v) is 1.60. The zero-order valence-corrected chi connectivity index (χ0v) is 10.5. The summed E-state index contributed by atoms with van der Waals surface area (Å²) in [5.74, 6) is -0.541. The third kappa shape index (κ3) is 5.45. The van der Waals surface area contributed by atoms with Crippen LogP contribution < -0.4 is 16.4 Å². The van der Waals surface area contributed by atoms with Crippen LogP contribution in [-0.4, -0.2) is 30.9 Å². The van der Waals surface area contributed by atoms with E-state index in [-0.39, 0.29) is 30.9 Å². The predicted molar refractivity (Wildman–Crippen MR) is 69.8 cm³/mol. The predicted octanol–water partition coefficient (Wildman–Crippen LogP) is -0.191. The Morgan fingerprint density at radius 1 is 1.22 bits per heavy atom. The highest BCUT2D eigenvalue weighted by atomic mass is 16.2. The van der Waals surface area contributed by atoms with E-state index in [1.807, 2.05) is 37.3 Å². The molecule has 0 aliphatic rings. The first kappa shape index (κ1) is 14.2. The van der Waals surface area contributed by atoms with Crippen molar-refractivity contribution in [1.82, 2.24) is 10.6 Å². The normalized spacial score (nSPS) is 11.7. The van der Waals surface area contributed by atoms with Gasteiger partial charge in [0.2, 0.25) is 11.8 Å². The second-order valence-corrected chi connectivity index (χ2v) is 4.14. The van der Waals surface area contributed by atoms with Crippen LogP contribution in [0.3, 0.4) is 0 Å². The van der Waals surface area contributed by atoms with E-state index in [0.29, 0.717) is 0 Å². The smallest absolute Gasteiger partial charge is 0.239 e. The molecule has 0 saturated carbocycles. The molecule has 1 aromatic carbocycles. The van der Waals surface area contributed by atoms with Gasteiger partial charge in [-0.3, -0.25) is 9.59 Å². The molecule has 98 valence electrons. The summed E-state index contributed by atoms with van der Waals surface area (Å²) in [6, 6.07) is 9.93. The fourth-order valence-electron chi connectivity index (χ4n) is 1.60. The zero-order chi connectivity index (χ0) is 13.4. The number of benzene rings is 1. The first-order valence-corrected chi connectivity index (χ1v) is 5.92. The van der Waals surface area contributed by atoms with Gasteiger partial charge in [0.05, 0.1) is 13.1 Å². The van der Waals surface area contributed by atoms with Crippen molar-refractivity contribution in [1.29, 1.82) is 0 Å². The van der Waals surface area contributed by atoms with Gasteiger partial charge in [-0.1, -0.05) is 30.3 Å². The van der Waals surface area contributed by atoms with Crippen molar-refractivity contribution in [3.05, 3.63) is 35.9 Å². The van der Waals surface area contributed by atoms with Gasteiger partial charge in [0.25, 0.3) is 0 Å². The molecule has 4 N–H and O–H groups in total. The van der Waals surface area contributed by atoms with Crippen molar-refractivity contribution in [3.8, 4) is 0 Å². The number of carbonyl (C=O) groups excluding carboxylic acids is 2. The van der Waals surface area contributed by atoms with Gasteiger partial charge in [0.1, 0.15) is 0 Å². The van der Waals surface area contributed by atoms with Crippen LogP contribution in [0.5, 0.6) is 0 Å². The Labute approximate surface area is 107 Å². The Morgan fingerprint density at radius 2 is 1.89 bits per heavy atom. The highest BCUT2D eigenvalue weighted by molar-refractivity contribution is 5.85. The molecule has 0 heterocycles. The first-order chi connectivity index (χ1) is 8.61. The molecular weight excluding hydrogens is 230 g/mol. The number of nitrogens with one attached hydrogen (secondary N) is 2. The van der Waals surface area contributed by atoms with Crippen LogP contribution in [0.1, 0.15) is 12.5 Å². The summed E-state index contributed by atoms with van der Waals surface area (Å²) in [6.45, 7) is 1.79. The van der Waals surface area contributed by atoms with Crippen LogP contribution in [0.25, 0.3) is 0 Å². The lowest BCUT2D eigenvalue weighted by Gasteiger charge is -2.14. The molecule has 1 atom stereocenters. The minimum absolute atomic E-state index is 0.0229. The average molecular weight is 249 g/mol. The van der Waals surface area contributed by atoms with Gasteiger partial charge in [-0.15, -0.1) is 0 Å². The second kappa shape index (κ2) is 7.45. The molecule has 0 aliphatic heterocycles. The first-order valence-electron chi connectivity index (χ1n) is 5.92. The third-order valence-corrected chi connectivity index (χ3v) is 2.42.